The highest BCUT2D eigenvalue weighted by molar-refractivity contribution is 6.08. The van der Waals surface area contributed by atoms with Gasteiger partial charge in [0.05, 0.1) is 23.3 Å². The Morgan fingerprint density at radius 1 is 0.857 bits per heavy atom. The summed E-state index contributed by atoms with van der Waals surface area (Å²) in [6, 6.07) is 5.57. The first kappa shape index (κ1) is 19.1. The molecule has 2 unspecified atom stereocenters. The number of rotatable bonds is 1. The number of halogens is 6. The van der Waals surface area contributed by atoms with Crippen LogP contribution in [0, 0.1) is 0 Å². The number of alkyl halides is 6. The van der Waals surface area contributed by atoms with Gasteiger partial charge in [-0.25, -0.2) is 0 Å². The molecule has 3 aromatic rings. The van der Waals surface area contributed by atoms with Gasteiger partial charge in [-0.05, 0) is 49.4 Å². The zero-order valence-electron chi connectivity index (χ0n) is 14.4. The van der Waals surface area contributed by atoms with E-state index in [1.165, 1.54) is 12.1 Å². The summed E-state index contributed by atoms with van der Waals surface area (Å²) in [6.07, 6.45) is -9.55. The van der Waals surface area contributed by atoms with Gasteiger partial charge in [0.1, 0.15) is 0 Å². The van der Waals surface area contributed by atoms with Crippen molar-refractivity contribution in [2.75, 3.05) is 13.1 Å². The van der Waals surface area contributed by atoms with Crippen molar-refractivity contribution in [3.05, 3.63) is 47.5 Å². The molecule has 1 saturated heterocycles. The Bertz CT molecular complexity index is 965. The first-order valence-electron chi connectivity index (χ1n) is 8.68. The Hall–Kier alpha value is -2.26. The molecule has 1 aliphatic heterocycles. The standard InChI is InChI=1S/C19H16F6N2O/c20-18(21,22)10-1-3-14-12(7-10)13-8-11(19(23,24)25)2-4-15(13)27(14)16-9-26-6-5-17(16)28/h1-4,7-8,16-17,26,28H,5-6,9H2. The fraction of sp³-hybridized carbons (Fsp3) is 0.368. The predicted molar refractivity (Wildman–Crippen MR) is 92.0 cm³/mol. The number of hydrogen-bond acceptors (Lipinski definition) is 2. The van der Waals surface area contributed by atoms with Crippen molar-refractivity contribution >= 4 is 21.8 Å². The number of aromatic nitrogens is 1. The van der Waals surface area contributed by atoms with Gasteiger partial charge in [-0.1, -0.05) is 0 Å². The second-order valence-corrected chi connectivity index (χ2v) is 6.96. The van der Waals surface area contributed by atoms with Crippen LogP contribution in [0.2, 0.25) is 0 Å². The normalized spacial score (nSPS) is 21.5. The molecule has 0 saturated carbocycles. The Labute approximate surface area is 155 Å². The number of piperidine rings is 1. The summed E-state index contributed by atoms with van der Waals surface area (Å²) >= 11 is 0. The van der Waals surface area contributed by atoms with Crippen molar-refractivity contribution in [2.45, 2.75) is 30.9 Å². The summed E-state index contributed by atoms with van der Waals surface area (Å²) in [5.74, 6) is 0. The van der Waals surface area contributed by atoms with Gasteiger partial charge in [-0.15, -0.1) is 0 Å². The van der Waals surface area contributed by atoms with Gasteiger partial charge >= 0.3 is 12.4 Å². The van der Waals surface area contributed by atoms with Crippen molar-refractivity contribution in [1.82, 2.24) is 9.88 Å². The van der Waals surface area contributed by atoms with Crippen molar-refractivity contribution < 1.29 is 31.4 Å². The third-order valence-electron chi connectivity index (χ3n) is 5.20. The highest BCUT2D eigenvalue weighted by atomic mass is 19.4. The molecule has 1 aromatic heterocycles. The van der Waals surface area contributed by atoms with Crippen LogP contribution in [0.4, 0.5) is 26.3 Å². The second-order valence-electron chi connectivity index (χ2n) is 6.96. The van der Waals surface area contributed by atoms with Gasteiger partial charge in [0.25, 0.3) is 0 Å². The molecule has 0 radical (unpaired) electrons. The maximum absolute atomic E-state index is 13.2. The van der Waals surface area contributed by atoms with Crippen LogP contribution in [0.15, 0.2) is 36.4 Å². The molecule has 0 bridgehead atoms. The van der Waals surface area contributed by atoms with Crippen LogP contribution in [0.1, 0.15) is 23.6 Å². The number of nitrogens with one attached hydrogen (secondary N) is 1. The molecule has 2 heterocycles. The van der Waals surface area contributed by atoms with Crippen LogP contribution in [-0.4, -0.2) is 28.9 Å². The minimum Gasteiger partial charge on any atom is -0.391 e. The first-order chi connectivity index (χ1) is 13.1. The topological polar surface area (TPSA) is 37.2 Å². The minimum absolute atomic E-state index is 0.0775. The average molecular weight is 402 g/mol. The quantitative estimate of drug-likeness (QED) is 0.578. The summed E-state index contributed by atoms with van der Waals surface area (Å²) in [4.78, 5) is 0. The minimum atomic E-state index is -4.61. The van der Waals surface area contributed by atoms with Crippen LogP contribution < -0.4 is 5.32 Å². The number of aliphatic hydroxyl groups is 1. The summed E-state index contributed by atoms with van der Waals surface area (Å²) in [7, 11) is 0. The maximum atomic E-state index is 13.2. The zero-order chi connectivity index (χ0) is 20.3. The first-order valence-corrected chi connectivity index (χ1v) is 8.68. The van der Waals surface area contributed by atoms with Crippen molar-refractivity contribution in [2.24, 2.45) is 0 Å². The Kier molecular flexibility index (Phi) is 4.35. The molecule has 4 rings (SSSR count). The lowest BCUT2D eigenvalue weighted by atomic mass is 10.0. The Morgan fingerprint density at radius 2 is 1.36 bits per heavy atom. The van der Waals surface area contributed by atoms with E-state index in [4.69, 9.17) is 0 Å². The van der Waals surface area contributed by atoms with Crippen LogP contribution in [0.5, 0.6) is 0 Å². The summed E-state index contributed by atoms with van der Waals surface area (Å²) in [5.41, 5.74) is -1.15. The van der Waals surface area contributed by atoms with Crippen LogP contribution in [0.3, 0.4) is 0 Å². The molecule has 0 aliphatic carbocycles. The van der Waals surface area contributed by atoms with E-state index in [2.05, 4.69) is 5.32 Å². The largest absolute Gasteiger partial charge is 0.416 e. The second kappa shape index (κ2) is 6.38. The lowest BCUT2D eigenvalue weighted by Gasteiger charge is -2.31. The average Bonchev–Trinajstić information content (AvgIpc) is 2.94. The third kappa shape index (κ3) is 3.12. The predicted octanol–water partition coefficient (Wildman–Crippen LogP) is 4.73. The van der Waals surface area contributed by atoms with Crippen LogP contribution in [-0.2, 0) is 12.4 Å². The molecule has 9 heteroatoms. The van der Waals surface area contributed by atoms with E-state index < -0.39 is 35.6 Å². The SMILES string of the molecule is OC1CCNCC1n1c2ccc(C(F)(F)F)cc2c2cc(C(F)(F)F)ccc21. The maximum Gasteiger partial charge on any atom is 0.416 e. The molecule has 2 N–H and O–H groups in total. The van der Waals surface area contributed by atoms with Gasteiger partial charge in [-0.3, -0.25) is 0 Å². The number of hydrogen-bond donors (Lipinski definition) is 2. The number of benzene rings is 2. The molecule has 2 aromatic carbocycles. The number of aliphatic hydroxyl groups excluding tert-OH is 1. The van der Waals surface area contributed by atoms with E-state index >= 15 is 0 Å². The van der Waals surface area contributed by atoms with E-state index in [-0.39, 0.29) is 10.8 Å². The van der Waals surface area contributed by atoms with Crippen molar-refractivity contribution in [1.29, 1.82) is 0 Å². The van der Waals surface area contributed by atoms with E-state index in [1.807, 2.05) is 0 Å². The Morgan fingerprint density at radius 3 is 1.79 bits per heavy atom. The molecular formula is C19H16F6N2O. The van der Waals surface area contributed by atoms with E-state index in [0.717, 1.165) is 24.3 Å². The molecule has 150 valence electrons. The van der Waals surface area contributed by atoms with E-state index in [1.54, 1.807) is 4.57 Å². The molecule has 0 amide bonds. The number of fused-ring (bicyclic) bond motifs is 3. The lowest BCUT2D eigenvalue weighted by Crippen LogP contribution is -2.41. The molecule has 1 aliphatic rings. The molecule has 0 spiro atoms. The molecular weight excluding hydrogens is 386 g/mol. The molecule has 3 nitrogen and oxygen atoms in total. The van der Waals surface area contributed by atoms with Gasteiger partial charge < -0.3 is 15.0 Å². The zero-order valence-corrected chi connectivity index (χ0v) is 14.4. The highest BCUT2D eigenvalue weighted by Gasteiger charge is 2.34. The van der Waals surface area contributed by atoms with Gasteiger partial charge in [-0.2, -0.15) is 26.3 Å². The molecule has 1 fully saturated rings. The summed E-state index contributed by atoms with van der Waals surface area (Å²) in [5, 5.41) is 13.7. The fourth-order valence-corrected chi connectivity index (χ4v) is 3.86. The third-order valence-corrected chi connectivity index (χ3v) is 5.20. The molecule has 28 heavy (non-hydrogen) atoms. The smallest absolute Gasteiger partial charge is 0.391 e. The molecule has 2 atom stereocenters. The fourth-order valence-electron chi connectivity index (χ4n) is 3.86. The van der Waals surface area contributed by atoms with E-state index in [0.29, 0.717) is 30.5 Å². The van der Waals surface area contributed by atoms with Gasteiger partial charge in [0.2, 0.25) is 0 Å². The van der Waals surface area contributed by atoms with E-state index in [9.17, 15) is 31.4 Å². The monoisotopic (exact) mass is 402 g/mol. The lowest BCUT2D eigenvalue weighted by molar-refractivity contribution is -0.138. The summed E-state index contributed by atoms with van der Waals surface area (Å²) < 4.78 is 80.7. The number of nitrogens with zero attached hydrogens (tertiary/aromatic N) is 1. The van der Waals surface area contributed by atoms with Gasteiger partial charge in [0, 0.05) is 28.4 Å². The van der Waals surface area contributed by atoms with Crippen molar-refractivity contribution in [3.63, 3.8) is 0 Å². The highest BCUT2D eigenvalue weighted by Crippen LogP contribution is 2.40. The van der Waals surface area contributed by atoms with Crippen molar-refractivity contribution in [3.8, 4) is 0 Å². The Balaban J connectivity index is 2.04. The summed E-state index contributed by atoms with van der Waals surface area (Å²) in [6.45, 7) is 0.952. The van der Waals surface area contributed by atoms with Crippen LogP contribution in [0.25, 0.3) is 21.8 Å². The van der Waals surface area contributed by atoms with Crippen LogP contribution >= 0.6 is 0 Å². The van der Waals surface area contributed by atoms with Gasteiger partial charge in [0.15, 0.2) is 0 Å².